The third kappa shape index (κ3) is 1.48. The Bertz CT molecular complexity index is 356. The Labute approximate surface area is 93.0 Å². The Morgan fingerprint density at radius 3 is 2.57 bits per heavy atom. The highest BCUT2D eigenvalue weighted by Gasteiger charge is 2.51. The first-order chi connectivity index (χ1) is 6.46. The molecule has 1 aliphatic carbocycles. The molecule has 1 saturated carbocycles. The normalized spacial score (nSPS) is 19.4. The van der Waals surface area contributed by atoms with Crippen molar-refractivity contribution in [2.24, 2.45) is 5.73 Å². The Hall–Kier alpha value is -0.410. The first-order valence-electron chi connectivity index (χ1n) is 4.86. The monoisotopic (exact) mass is 254 g/mol. The molecule has 2 nitrogen and oxygen atoms in total. The van der Waals surface area contributed by atoms with Crippen molar-refractivity contribution in [2.45, 2.75) is 37.6 Å². The number of nitrogens with two attached hydrogens (primary N) is 1. The van der Waals surface area contributed by atoms with Crippen molar-refractivity contribution < 1.29 is 0 Å². The number of hydrogen-bond acceptors (Lipinski definition) is 2. The lowest BCUT2D eigenvalue weighted by atomic mass is 9.77. The number of halogens is 1. The van der Waals surface area contributed by atoms with Crippen LogP contribution in [0.3, 0.4) is 0 Å². The van der Waals surface area contributed by atoms with Crippen molar-refractivity contribution in [3.8, 4) is 0 Å². The van der Waals surface area contributed by atoms with Crippen LogP contribution in [0.4, 0.5) is 0 Å². The molecule has 0 unspecified atom stereocenters. The van der Waals surface area contributed by atoms with Gasteiger partial charge in [0.25, 0.3) is 0 Å². The molecule has 0 atom stereocenters. The summed E-state index contributed by atoms with van der Waals surface area (Å²) in [5.74, 6) is 0. The van der Waals surface area contributed by atoms with Gasteiger partial charge in [-0.1, -0.05) is 13.8 Å². The lowest BCUT2D eigenvalue weighted by Gasteiger charge is -2.32. The third-order valence-electron chi connectivity index (χ3n) is 3.46. The largest absolute Gasteiger partial charge is 0.324 e. The fourth-order valence-corrected chi connectivity index (χ4v) is 2.17. The van der Waals surface area contributed by atoms with Crippen LogP contribution in [0.15, 0.2) is 22.9 Å². The smallest absolute Gasteiger partial charge is 0.0410 e. The minimum absolute atomic E-state index is 0.0176. The van der Waals surface area contributed by atoms with Gasteiger partial charge in [0.05, 0.1) is 0 Å². The zero-order valence-corrected chi connectivity index (χ0v) is 10.1. The first-order valence-corrected chi connectivity index (χ1v) is 5.65. The summed E-state index contributed by atoms with van der Waals surface area (Å²) in [5.41, 5.74) is 7.48. The van der Waals surface area contributed by atoms with Gasteiger partial charge in [-0.15, -0.1) is 0 Å². The Morgan fingerprint density at radius 2 is 2.07 bits per heavy atom. The predicted molar refractivity (Wildman–Crippen MR) is 61.1 cm³/mol. The van der Waals surface area contributed by atoms with Crippen LogP contribution < -0.4 is 5.73 Å². The summed E-state index contributed by atoms with van der Waals surface area (Å²) in [6.07, 6.45) is 5.95. The Morgan fingerprint density at radius 1 is 1.43 bits per heavy atom. The Balaban J connectivity index is 2.38. The molecule has 0 bridgehead atoms. The van der Waals surface area contributed by atoms with Crippen LogP contribution in [0.25, 0.3) is 0 Å². The van der Waals surface area contributed by atoms with Gasteiger partial charge < -0.3 is 5.73 Å². The van der Waals surface area contributed by atoms with E-state index in [9.17, 15) is 0 Å². The summed E-state index contributed by atoms with van der Waals surface area (Å²) in [5, 5.41) is 0. The number of rotatable bonds is 2. The lowest BCUT2D eigenvalue weighted by Crippen LogP contribution is -2.43. The van der Waals surface area contributed by atoms with E-state index in [2.05, 4.69) is 40.8 Å². The zero-order valence-electron chi connectivity index (χ0n) is 8.55. The van der Waals surface area contributed by atoms with Crippen molar-refractivity contribution in [2.75, 3.05) is 0 Å². The molecular weight excluding hydrogens is 240 g/mol. The van der Waals surface area contributed by atoms with Gasteiger partial charge in [-0.25, -0.2) is 0 Å². The number of aromatic nitrogens is 1. The molecule has 1 aromatic heterocycles. The average Bonchev–Trinajstić information content (AvgIpc) is 2.85. The highest BCUT2D eigenvalue weighted by Crippen LogP contribution is 2.49. The van der Waals surface area contributed by atoms with E-state index < -0.39 is 0 Å². The lowest BCUT2D eigenvalue weighted by molar-refractivity contribution is 0.390. The molecular formula is C11H15BrN2. The molecule has 2 N–H and O–H groups in total. The van der Waals surface area contributed by atoms with Gasteiger partial charge in [-0.05, 0) is 40.4 Å². The molecule has 1 aromatic rings. The average molecular weight is 255 g/mol. The van der Waals surface area contributed by atoms with Crippen molar-refractivity contribution in [1.82, 2.24) is 4.98 Å². The molecule has 2 rings (SSSR count). The maximum absolute atomic E-state index is 6.26. The Kier molecular flexibility index (Phi) is 2.20. The van der Waals surface area contributed by atoms with Crippen LogP contribution in [0.5, 0.6) is 0 Å². The molecule has 0 aromatic carbocycles. The highest BCUT2D eigenvalue weighted by molar-refractivity contribution is 9.10. The topological polar surface area (TPSA) is 38.9 Å². The third-order valence-corrected chi connectivity index (χ3v) is 3.89. The second kappa shape index (κ2) is 3.04. The van der Waals surface area contributed by atoms with Crippen molar-refractivity contribution in [3.63, 3.8) is 0 Å². The number of pyridine rings is 1. The van der Waals surface area contributed by atoms with Crippen LogP contribution >= 0.6 is 15.9 Å². The SMILES string of the molecule is CC(C)(c1cncc(Br)c1)C1(N)CC1. The van der Waals surface area contributed by atoms with Crippen LogP contribution in [-0.4, -0.2) is 10.5 Å². The van der Waals surface area contributed by atoms with Crippen LogP contribution in [0, 0.1) is 0 Å². The van der Waals surface area contributed by atoms with E-state index in [1.165, 1.54) is 5.56 Å². The van der Waals surface area contributed by atoms with Gasteiger partial charge >= 0.3 is 0 Å². The molecule has 76 valence electrons. The molecule has 0 spiro atoms. The van der Waals surface area contributed by atoms with Crippen LogP contribution in [-0.2, 0) is 5.41 Å². The van der Waals surface area contributed by atoms with E-state index in [1.807, 2.05) is 6.20 Å². The van der Waals surface area contributed by atoms with Gasteiger partial charge in [0.2, 0.25) is 0 Å². The zero-order chi connectivity index (χ0) is 10.4. The molecule has 0 saturated heterocycles. The first kappa shape index (κ1) is 10.1. The second-order valence-electron chi connectivity index (χ2n) is 4.67. The predicted octanol–water partition coefficient (Wildman–Crippen LogP) is 2.61. The maximum atomic E-state index is 6.26. The summed E-state index contributed by atoms with van der Waals surface area (Å²) < 4.78 is 1.02. The molecule has 0 radical (unpaired) electrons. The van der Waals surface area contributed by atoms with E-state index in [-0.39, 0.29) is 11.0 Å². The minimum atomic E-state index is -0.0184. The summed E-state index contributed by atoms with van der Waals surface area (Å²) in [6, 6.07) is 2.11. The van der Waals surface area contributed by atoms with Gasteiger partial charge in [0.1, 0.15) is 0 Å². The summed E-state index contributed by atoms with van der Waals surface area (Å²) in [7, 11) is 0. The summed E-state index contributed by atoms with van der Waals surface area (Å²) >= 11 is 3.44. The fraction of sp³-hybridized carbons (Fsp3) is 0.545. The minimum Gasteiger partial charge on any atom is -0.324 e. The number of nitrogens with zero attached hydrogens (tertiary/aromatic N) is 1. The van der Waals surface area contributed by atoms with Crippen LogP contribution in [0.2, 0.25) is 0 Å². The van der Waals surface area contributed by atoms with Crippen molar-refractivity contribution >= 4 is 15.9 Å². The molecule has 1 fully saturated rings. The van der Waals surface area contributed by atoms with E-state index in [1.54, 1.807) is 6.20 Å². The molecule has 0 aliphatic heterocycles. The van der Waals surface area contributed by atoms with Gasteiger partial charge in [-0.2, -0.15) is 0 Å². The van der Waals surface area contributed by atoms with Crippen molar-refractivity contribution in [3.05, 3.63) is 28.5 Å². The maximum Gasteiger partial charge on any atom is 0.0410 e. The van der Waals surface area contributed by atoms with E-state index in [0.29, 0.717) is 0 Å². The molecule has 0 amide bonds. The van der Waals surface area contributed by atoms with Gasteiger partial charge in [-0.3, -0.25) is 4.98 Å². The standard InChI is InChI=1S/C11H15BrN2/c1-10(2,11(13)3-4-11)8-5-9(12)7-14-6-8/h5-7H,3-4,13H2,1-2H3. The second-order valence-corrected chi connectivity index (χ2v) is 5.59. The fourth-order valence-electron chi connectivity index (χ4n) is 1.80. The highest BCUT2D eigenvalue weighted by atomic mass is 79.9. The van der Waals surface area contributed by atoms with Crippen LogP contribution in [0.1, 0.15) is 32.3 Å². The summed E-state index contributed by atoms with van der Waals surface area (Å²) in [6.45, 7) is 4.40. The van der Waals surface area contributed by atoms with Crippen molar-refractivity contribution in [1.29, 1.82) is 0 Å². The van der Waals surface area contributed by atoms with E-state index >= 15 is 0 Å². The van der Waals surface area contributed by atoms with E-state index in [4.69, 9.17) is 5.73 Å². The summed E-state index contributed by atoms with van der Waals surface area (Å²) in [4.78, 5) is 4.19. The number of hydrogen-bond donors (Lipinski definition) is 1. The van der Waals surface area contributed by atoms with E-state index in [0.717, 1.165) is 17.3 Å². The molecule has 14 heavy (non-hydrogen) atoms. The van der Waals surface area contributed by atoms with Gasteiger partial charge in [0.15, 0.2) is 0 Å². The quantitative estimate of drug-likeness (QED) is 0.882. The molecule has 3 heteroatoms. The molecule has 1 heterocycles. The van der Waals surface area contributed by atoms with Gasteiger partial charge in [0, 0.05) is 27.8 Å². The molecule has 1 aliphatic rings.